The van der Waals surface area contributed by atoms with Gasteiger partial charge in [0.25, 0.3) is 5.91 Å². The van der Waals surface area contributed by atoms with Crippen molar-refractivity contribution in [1.82, 2.24) is 20.4 Å². The Morgan fingerprint density at radius 2 is 1.36 bits per heavy atom. The van der Waals surface area contributed by atoms with Crippen molar-refractivity contribution in [2.45, 2.75) is 95.9 Å². The number of hydrogen-bond acceptors (Lipinski definition) is 11. The van der Waals surface area contributed by atoms with Crippen LogP contribution in [0.2, 0.25) is 0 Å². The van der Waals surface area contributed by atoms with Crippen molar-refractivity contribution in [3.8, 4) is 0 Å². The molecule has 7 N–H and O–H groups in total. The first-order valence-corrected chi connectivity index (χ1v) is 12.3. The Balaban J connectivity index is 0.00000222. The second kappa shape index (κ2) is 16.8. The summed E-state index contributed by atoms with van der Waals surface area (Å²) in [6, 6.07) is 0. The molecule has 0 atom stereocenters. The molecule has 1 rings (SSSR count). The Kier molecular flexibility index (Phi) is 15.9. The van der Waals surface area contributed by atoms with E-state index in [0.717, 1.165) is 28.1 Å². The zero-order chi connectivity index (χ0) is 27.9. The van der Waals surface area contributed by atoms with Crippen LogP contribution in [0.25, 0.3) is 0 Å². The number of aliphatic hydroxyl groups is 3. The van der Waals surface area contributed by atoms with E-state index in [4.69, 9.17) is 5.11 Å². The first-order valence-electron chi connectivity index (χ1n) is 12.3. The highest BCUT2D eigenvalue weighted by Crippen LogP contribution is 2.34. The van der Waals surface area contributed by atoms with E-state index in [1.165, 1.54) is 7.05 Å². The normalized spacial score (nSPS) is 20.4. The summed E-state index contributed by atoms with van der Waals surface area (Å²) in [6.07, 6.45) is 2.82. The highest BCUT2D eigenvalue weighted by molar-refractivity contribution is 5.74. The molecule has 0 unspecified atom stereocenters. The molecule has 1 fully saturated rings. The molecule has 0 amide bonds. The quantitative estimate of drug-likeness (QED) is 0.198. The average Bonchev–Trinajstić information content (AvgIpc) is 2.76. The van der Waals surface area contributed by atoms with Crippen molar-refractivity contribution in [2.75, 3.05) is 26.7 Å². The van der Waals surface area contributed by atoms with Crippen molar-refractivity contribution in [2.24, 2.45) is 0 Å². The second-order valence-corrected chi connectivity index (χ2v) is 8.96. The molecule has 1 aliphatic rings. The minimum atomic E-state index is -2.67. The average molecular weight is 525 g/mol. The van der Waals surface area contributed by atoms with E-state index < -0.39 is 48.7 Å². The molecule has 1 aliphatic heterocycles. The Morgan fingerprint density at radius 1 is 0.833 bits per heavy atom. The van der Waals surface area contributed by atoms with E-state index in [0.29, 0.717) is 38.7 Å². The van der Waals surface area contributed by atoms with Gasteiger partial charge in [-0.25, -0.2) is 5.01 Å². The third kappa shape index (κ3) is 11.4. The number of nitrogens with zero attached hydrogens (tertiary/aromatic N) is 4. The van der Waals surface area contributed by atoms with E-state index in [2.05, 4.69) is 6.92 Å². The van der Waals surface area contributed by atoms with Gasteiger partial charge >= 0.3 is 17.9 Å². The summed E-state index contributed by atoms with van der Waals surface area (Å²) in [7, 11) is 1.24. The Bertz CT molecular complexity index is 661. The minimum absolute atomic E-state index is 0.0396. The van der Waals surface area contributed by atoms with Crippen LogP contribution in [0.5, 0.6) is 0 Å². The molecular weight excluding hydrogens is 480 g/mol. The van der Waals surface area contributed by atoms with E-state index in [-0.39, 0.29) is 24.6 Å². The molecule has 0 bridgehead atoms. The number of carboxylic acid groups (broad SMARTS) is 3. The van der Waals surface area contributed by atoms with Crippen molar-refractivity contribution in [3.63, 3.8) is 0 Å². The van der Waals surface area contributed by atoms with Gasteiger partial charge in [0.1, 0.15) is 6.54 Å². The van der Waals surface area contributed by atoms with Gasteiger partial charge in [0.05, 0.1) is 18.4 Å². The smallest absolute Gasteiger partial charge is 0.319 e. The molecule has 0 aromatic heterocycles. The fraction of sp³-hybridized carbons (Fsp3) is 0.864. The Hall–Kier alpha value is -1.91. The van der Waals surface area contributed by atoms with Crippen molar-refractivity contribution in [3.05, 3.63) is 0 Å². The van der Waals surface area contributed by atoms with Crippen LogP contribution in [0.1, 0.15) is 84.5 Å². The highest BCUT2D eigenvalue weighted by atomic mass is 16.7. The lowest BCUT2D eigenvalue weighted by atomic mass is 9.84. The Morgan fingerprint density at radius 3 is 1.75 bits per heavy atom. The van der Waals surface area contributed by atoms with Gasteiger partial charge in [0, 0.05) is 26.6 Å². The monoisotopic (exact) mass is 524 g/mol. The molecule has 36 heavy (non-hydrogen) atoms. The molecule has 0 aromatic carbocycles. The maximum absolute atomic E-state index is 11.7. The number of unbranched alkanes of at least 4 members (excludes halogenated alkanes) is 1. The molecular formula is C22H44N4O10. The first-order chi connectivity index (χ1) is 16.8. The summed E-state index contributed by atoms with van der Waals surface area (Å²) in [5.41, 5.74) is -1.63. The first kappa shape index (κ1) is 34.1. The molecule has 1 saturated heterocycles. The summed E-state index contributed by atoms with van der Waals surface area (Å²) in [6.45, 7) is 3.42. The van der Waals surface area contributed by atoms with Gasteiger partial charge in [-0.15, -0.1) is 5.12 Å². The summed E-state index contributed by atoms with van der Waals surface area (Å²) < 4.78 is 0. The van der Waals surface area contributed by atoms with Gasteiger partial charge < -0.3 is 30.6 Å². The van der Waals surface area contributed by atoms with Gasteiger partial charge in [-0.1, -0.05) is 39.5 Å². The van der Waals surface area contributed by atoms with Crippen LogP contribution < -0.4 is 0 Å². The summed E-state index contributed by atoms with van der Waals surface area (Å²) in [5.74, 6) is -6.62. The van der Waals surface area contributed by atoms with Gasteiger partial charge in [-0.3, -0.25) is 19.6 Å². The molecule has 0 aliphatic carbocycles. The number of carbonyl (C=O) groups is 3. The van der Waals surface area contributed by atoms with Crippen LogP contribution >= 0.6 is 0 Å². The van der Waals surface area contributed by atoms with Crippen LogP contribution in [-0.4, -0.2) is 112 Å². The standard InChI is InChI=1S/C18H34N4O9.C4H10O/c1-3-10-21-19(2)22(31)18(29,30)9-7-5-4-6-8-17(11-14(23)24,12-15(25)26)20(21)13-16(27)28;1-2-3-4-5/h29-31H,3-13H2,1-2H3,(H,23,24)(H,25,26)(H,27,28);5H,2-4H2,1H3. The fourth-order valence-corrected chi connectivity index (χ4v) is 4.12. The second-order valence-electron chi connectivity index (χ2n) is 8.96. The Labute approximate surface area is 211 Å². The maximum Gasteiger partial charge on any atom is 0.319 e. The van der Waals surface area contributed by atoms with Gasteiger partial charge in [0.15, 0.2) is 0 Å². The zero-order valence-electron chi connectivity index (χ0n) is 21.5. The molecule has 0 radical (unpaired) electrons. The number of rotatable bonds is 10. The molecule has 0 saturated carbocycles. The number of aliphatic hydroxyl groups excluding tert-OH is 1. The van der Waals surface area contributed by atoms with Gasteiger partial charge in [-0.2, -0.15) is 5.12 Å². The number of hydroxylamine groups is 1. The lowest BCUT2D eigenvalue weighted by Gasteiger charge is -2.52. The molecule has 212 valence electrons. The zero-order valence-corrected chi connectivity index (χ0v) is 21.5. The van der Waals surface area contributed by atoms with Crippen LogP contribution in [0.3, 0.4) is 0 Å². The van der Waals surface area contributed by atoms with E-state index >= 15 is 0 Å². The van der Waals surface area contributed by atoms with E-state index in [9.17, 15) is 45.1 Å². The maximum atomic E-state index is 11.7. The number of carboxylic acids is 3. The number of aliphatic carboxylic acids is 3. The predicted octanol–water partition coefficient (Wildman–Crippen LogP) is 0.913. The molecule has 14 heteroatoms. The lowest BCUT2D eigenvalue weighted by molar-refractivity contribution is -0.485. The summed E-state index contributed by atoms with van der Waals surface area (Å²) >= 11 is 0. The van der Waals surface area contributed by atoms with Crippen molar-refractivity contribution in [1.29, 1.82) is 0 Å². The van der Waals surface area contributed by atoms with Gasteiger partial charge in [0.2, 0.25) is 0 Å². The molecule has 14 nitrogen and oxygen atoms in total. The summed E-state index contributed by atoms with van der Waals surface area (Å²) in [5, 5.41) is 71.1. The lowest BCUT2D eigenvalue weighted by Crippen LogP contribution is -2.69. The van der Waals surface area contributed by atoms with Crippen LogP contribution in [0.4, 0.5) is 0 Å². The highest BCUT2D eigenvalue weighted by Gasteiger charge is 2.47. The number of hydrogen-bond donors (Lipinski definition) is 7. The third-order valence-corrected chi connectivity index (χ3v) is 5.84. The largest absolute Gasteiger partial charge is 0.481 e. The number of hydrazine groups is 3. The SMILES string of the molecule is CCCCO.CCCN1N(C)N(O)C(O)(O)CCCCCCC(CC(=O)O)(CC(=O)O)N1CC(=O)O. The van der Waals surface area contributed by atoms with E-state index in [1.807, 2.05) is 0 Å². The summed E-state index contributed by atoms with van der Waals surface area (Å²) in [4.78, 5) is 35.2. The van der Waals surface area contributed by atoms with Crippen molar-refractivity contribution < 1.29 is 50.2 Å². The fourth-order valence-electron chi connectivity index (χ4n) is 4.12. The van der Waals surface area contributed by atoms with E-state index in [1.54, 1.807) is 6.92 Å². The molecule has 0 aromatic rings. The van der Waals surface area contributed by atoms with Crippen LogP contribution in [0.15, 0.2) is 0 Å². The molecule has 1 heterocycles. The van der Waals surface area contributed by atoms with Crippen LogP contribution in [-0.2, 0) is 14.4 Å². The van der Waals surface area contributed by atoms with Gasteiger partial charge in [-0.05, 0) is 30.9 Å². The predicted molar refractivity (Wildman–Crippen MR) is 127 cm³/mol. The third-order valence-electron chi connectivity index (χ3n) is 5.84. The van der Waals surface area contributed by atoms with Crippen LogP contribution in [0, 0.1) is 0 Å². The minimum Gasteiger partial charge on any atom is -0.481 e. The van der Waals surface area contributed by atoms with Crippen molar-refractivity contribution >= 4 is 17.9 Å². The molecule has 0 spiro atoms. The topological polar surface area (TPSA) is 206 Å².